The molecule has 34 heavy (non-hydrogen) atoms. The maximum absolute atomic E-state index is 13.3. The molecule has 0 fully saturated rings. The molecule has 9 heteroatoms. The molecular weight excluding hydrogens is 438 g/mol. The number of methoxy groups -OCH3 is 1. The maximum atomic E-state index is 13.3. The Kier molecular flexibility index (Phi) is 7.09. The van der Waals surface area contributed by atoms with Crippen molar-refractivity contribution in [2.24, 2.45) is 5.92 Å². The van der Waals surface area contributed by atoms with Gasteiger partial charge in [0.05, 0.1) is 7.11 Å². The summed E-state index contributed by atoms with van der Waals surface area (Å²) in [7, 11) is 1.44. The third-order valence-electron chi connectivity index (χ3n) is 6.50. The molecule has 9 nitrogen and oxygen atoms in total. The fraction of sp³-hybridized carbons (Fsp3) is 0.480. The number of fused-ring (bicyclic) bond motifs is 2. The zero-order valence-electron chi connectivity index (χ0n) is 19.9. The molecule has 0 bridgehead atoms. The minimum atomic E-state index is -0.336. The van der Waals surface area contributed by atoms with E-state index in [0.29, 0.717) is 61.2 Å². The van der Waals surface area contributed by atoms with Crippen molar-refractivity contribution in [3.05, 3.63) is 51.4 Å². The van der Waals surface area contributed by atoms with Gasteiger partial charge >= 0.3 is 0 Å². The van der Waals surface area contributed by atoms with Crippen molar-refractivity contribution in [1.82, 2.24) is 14.8 Å². The van der Waals surface area contributed by atoms with Crippen LogP contribution in [0.4, 0.5) is 0 Å². The Hall–Kier alpha value is -3.49. The number of carbonyl (C=O) groups is 2. The van der Waals surface area contributed by atoms with Gasteiger partial charge in [0.1, 0.15) is 11.3 Å². The molecule has 1 N–H and O–H groups in total. The van der Waals surface area contributed by atoms with Gasteiger partial charge in [-0.2, -0.15) is 0 Å². The van der Waals surface area contributed by atoms with Crippen molar-refractivity contribution in [1.29, 1.82) is 0 Å². The molecule has 2 aliphatic heterocycles. The highest BCUT2D eigenvalue weighted by Gasteiger charge is 2.27. The molecule has 0 radical (unpaired) electrons. The average molecular weight is 470 g/mol. The predicted octanol–water partition coefficient (Wildman–Crippen LogP) is 2.34. The zero-order chi connectivity index (χ0) is 24.2. The quantitative estimate of drug-likeness (QED) is 0.668. The topological polar surface area (TPSA) is 99.1 Å². The molecule has 3 heterocycles. The fourth-order valence-corrected chi connectivity index (χ4v) is 4.30. The number of nitrogens with zero attached hydrogens (tertiary/aromatic N) is 2. The van der Waals surface area contributed by atoms with Gasteiger partial charge in [-0.1, -0.05) is 26.3 Å². The number of hydrogen-bond acceptors (Lipinski definition) is 6. The van der Waals surface area contributed by atoms with Crippen LogP contribution in [-0.4, -0.2) is 48.3 Å². The van der Waals surface area contributed by atoms with Crippen molar-refractivity contribution in [2.45, 2.75) is 46.2 Å². The minimum absolute atomic E-state index is 0.0796. The van der Waals surface area contributed by atoms with Crippen molar-refractivity contribution >= 4 is 11.8 Å². The Balaban J connectivity index is 1.55. The molecule has 0 saturated carbocycles. The van der Waals surface area contributed by atoms with Gasteiger partial charge in [-0.3, -0.25) is 14.4 Å². The molecule has 4 rings (SSSR count). The van der Waals surface area contributed by atoms with Gasteiger partial charge < -0.3 is 29.0 Å². The van der Waals surface area contributed by atoms with Gasteiger partial charge in [0.15, 0.2) is 11.5 Å². The van der Waals surface area contributed by atoms with E-state index >= 15 is 0 Å². The zero-order valence-corrected chi connectivity index (χ0v) is 19.9. The number of ether oxygens (including phenoxy) is 3. The van der Waals surface area contributed by atoms with Crippen molar-refractivity contribution in [2.75, 3.05) is 27.0 Å². The van der Waals surface area contributed by atoms with Crippen molar-refractivity contribution < 1.29 is 23.8 Å². The van der Waals surface area contributed by atoms with Crippen LogP contribution in [0.3, 0.4) is 0 Å². The summed E-state index contributed by atoms with van der Waals surface area (Å²) in [4.78, 5) is 40.6. The normalized spacial score (nSPS) is 15.3. The van der Waals surface area contributed by atoms with Crippen LogP contribution in [0, 0.1) is 5.92 Å². The SMILES string of the molecule is CCC(C)CC(=O)N1CCc2c(C(=O)NCc3ccc4c(c3)OCO4)c(OC)cc(=O)n2CC1. The Morgan fingerprint density at radius 2 is 1.94 bits per heavy atom. The van der Waals surface area contributed by atoms with Crippen LogP contribution < -0.4 is 25.1 Å². The highest BCUT2D eigenvalue weighted by Crippen LogP contribution is 2.32. The standard InChI is InChI=1S/C25H31N3O6/c1-4-16(2)11-22(29)27-8-7-18-24(21(32-3)13-23(30)28(18)10-9-27)25(31)26-14-17-5-6-19-20(12-17)34-15-33-19/h5-6,12-13,16H,4,7-11,14-15H2,1-3H3,(H,26,31). The Labute approximate surface area is 198 Å². The van der Waals surface area contributed by atoms with Crippen LogP contribution in [-0.2, 0) is 24.3 Å². The summed E-state index contributed by atoms with van der Waals surface area (Å²) in [5.41, 5.74) is 1.54. The third kappa shape index (κ3) is 4.88. The van der Waals surface area contributed by atoms with E-state index < -0.39 is 0 Å². The number of pyridine rings is 1. The van der Waals surface area contributed by atoms with E-state index in [0.717, 1.165) is 12.0 Å². The predicted molar refractivity (Wildman–Crippen MR) is 125 cm³/mol. The smallest absolute Gasteiger partial charge is 0.257 e. The number of benzene rings is 1. The maximum Gasteiger partial charge on any atom is 0.257 e. The molecule has 1 unspecified atom stereocenters. The van der Waals surface area contributed by atoms with Gasteiger partial charge in [-0.15, -0.1) is 0 Å². The lowest BCUT2D eigenvalue weighted by Crippen LogP contribution is -2.35. The molecule has 0 aliphatic carbocycles. The van der Waals surface area contributed by atoms with Crippen molar-refractivity contribution in [3.63, 3.8) is 0 Å². The second-order valence-electron chi connectivity index (χ2n) is 8.74. The Morgan fingerprint density at radius 1 is 1.15 bits per heavy atom. The Bertz CT molecular complexity index is 1140. The lowest BCUT2D eigenvalue weighted by atomic mass is 10.0. The molecule has 2 aromatic rings. The lowest BCUT2D eigenvalue weighted by molar-refractivity contribution is -0.132. The highest BCUT2D eigenvalue weighted by molar-refractivity contribution is 5.98. The molecule has 1 aromatic heterocycles. The summed E-state index contributed by atoms with van der Waals surface area (Å²) in [5, 5.41) is 2.93. The van der Waals surface area contributed by atoms with E-state index in [1.165, 1.54) is 13.2 Å². The van der Waals surface area contributed by atoms with E-state index in [4.69, 9.17) is 14.2 Å². The summed E-state index contributed by atoms with van der Waals surface area (Å²) >= 11 is 0. The van der Waals surface area contributed by atoms with E-state index in [1.807, 2.05) is 18.2 Å². The largest absolute Gasteiger partial charge is 0.496 e. The van der Waals surface area contributed by atoms with Crippen LogP contribution in [0.25, 0.3) is 0 Å². The van der Waals surface area contributed by atoms with Gasteiger partial charge in [0.2, 0.25) is 12.7 Å². The van der Waals surface area contributed by atoms with E-state index in [2.05, 4.69) is 19.2 Å². The number of hydrogen-bond donors (Lipinski definition) is 1. The molecule has 2 amide bonds. The first-order chi connectivity index (χ1) is 16.4. The van der Waals surface area contributed by atoms with Crippen LogP contribution in [0.15, 0.2) is 29.1 Å². The number of carbonyl (C=O) groups excluding carboxylic acids is 2. The monoisotopic (exact) mass is 469 g/mol. The summed E-state index contributed by atoms with van der Waals surface area (Å²) in [6, 6.07) is 6.84. The fourth-order valence-electron chi connectivity index (χ4n) is 4.30. The van der Waals surface area contributed by atoms with Crippen LogP contribution in [0.2, 0.25) is 0 Å². The lowest BCUT2D eigenvalue weighted by Gasteiger charge is -2.21. The molecule has 0 saturated heterocycles. The van der Waals surface area contributed by atoms with E-state index in [1.54, 1.807) is 9.47 Å². The second-order valence-corrected chi connectivity index (χ2v) is 8.74. The molecule has 1 atom stereocenters. The number of amides is 2. The number of aromatic nitrogens is 1. The first-order valence-corrected chi connectivity index (χ1v) is 11.7. The third-order valence-corrected chi connectivity index (χ3v) is 6.50. The molecule has 1 aromatic carbocycles. The van der Waals surface area contributed by atoms with Crippen LogP contribution in [0.5, 0.6) is 17.2 Å². The molecular formula is C25H31N3O6. The second kappa shape index (κ2) is 10.2. The van der Waals surface area contributed by atoms with Crippen LogP contribution in [0.1, 0.15) is 48.3 Å². The number of nitrogens with one attached hydrogen (secondary N) is 1. The molecule has 2 aliphatic rings. The molecule has 182 valence electrons. The summed E-state index contributed by atoms with van der Waals surface area (Å²) in [6.07, 6.45) is 1.81. The summed E-state index contributed by atoms with van der Waals surface area (Å²) in [6.45, 7) is 5.81. The highest BCUT2D eigenvalue weighted by atomic mass is 16.7. The minimum Gasteiger partial charge on any atom is -0.496 e. The van der Waals surface area contributed by atoms with Gasteiger partial charge in [-0.05, 0) is 23.6 Å². The van der Waals surface area contributed by atoms with Crippen molar-refractivity contribution in [3.8, 4) is 17.2 Å². The van der Waals surface area contributed by atoms with Gasteiger partial charge in [-0.25, -0.2) is 0 Å². The van der Waals surface area contributed by atoms with E-state index in [-0.39, 0.29) is 36.5 Å². The summed E-state index contributed by atoms with van der Waals surface area (Å²) < 4.78 is 17.7. The Morgan fingerprint density at radius 3 is 2.71 bits per heavy atom. The summed E-state index contributed by atoms with van der Waals surface area (Å²) in [5.74, 6) is 1.61. The number of rotatable bonds is 7. The van der Waals surface area contributed by atoms with Gasteiger partial charge in [0.25, 0.3) is 11.5 Å². The van der Waals surface area contributed by atoms with Gasteiger partial charge in [0, 0.05) is 50.8 Å². The first kappa shape index (κ1) is 23.7. The average Bonchev–Trinajstić information content (AvgIpc) is 3.19. The van der Waals surface area contributed by atoms with Crippen LogP contribution >= 0.6 is 0 Å². The first-order valence-electron chi connectivity index (χ1n) is 11.7. The molecule has 0 spiro atoms. The van der Waals surface area contributed by atoms with E-state index in [9.17, 15) is 14.4 Å².